The van der Waals surface area contributed by atoms with Crippen LogP contribution < -0.4 is 0 Å². The predicted molar refractivity (Wildman–Crippen MR) is 47.5 cm³/mol. The zero-order chi connectivity index (χ0) is 9.69. The molecule has 0 aromatic rings. The average Bonchev–Trinajstić information content (AvgIpc) is 2.03. The molecule has 2 aliphatic heterocycles. The molecule has 2 heterocycles. The smallest absolute Gasteiger partial charge is 0.335 e. The molecule has 3 heteroatoms. The minimum Gasteiger partial charge on any atom is -0.479 e. The summed E-state index contributed by atoms with van der Waals surface area (Å²) in [5, 5.41) is 9.12. The fraction of sp³-hybridized carbons (Fsp3) is 0.900. The molecule has 74 valence electrons. The maximum Gasteiger partial charge on any atom is 0.335 e. The molecule has 0 atom stereocenters. The van der Waals surface area contributed by atoms with Crippen molar-refractivity contribution in [2.45, 2.75) is 50.7 Å². The van der Waals surface area contributed by atoms with Crippen molar-refractivity contribution in [2.75, 3.05) is 0 Å². The van der Waals surface area contributed by atoms with Gasteiger partial charge in [0.15, 0.2) is 5.60 Å². The number of hydrogen-bond acceptors (Lipinski definition) is 2. The number of carboxylic acids is 1. The first-order chi connectivity index (χ1) is 5.96. The van der Waals surface area contributed by atoms with Crippen molar-refractivity contribution in [3.05, 3.63) is 0 Å². The monoisotopic (exact) mass is 184 g/mol. The van der Waals surface area contributed by atoms with Crippen molar-refractivity contribution in [1.82, 2.24) is 0 Å². The maximum atomic E-state index is 11.1. The van der Waals surface area contributed by atoms with Gasteiger partial charge in [-0.1, -0.05) is 0 Å². The van der Waals surface area contributed by atoms with E-state index in [1.165, 1.54) is 0 Å². The summed E-state index contributed by atoms with van der Waals surface area (Å²) in [6.45, 7) is 4.02. The van der Waals surface area contributed by atoms with Gasteiger partial charge in [0.25, 0.3) is 0 Å². The Labute approximate surface area is 78.1 Å². The molecule has 3 fully saturated rings. The third-order valence-corrected chi connectivity index (χ3v) is 3.62. The first-order valence-corrected chi connectivity index (χ1v) is 4.90. The zero-order valence-corrected chi connectivity index (χ0v) is 8.17. The second kappa shape index (κ2) is 2.47. The SMILES string of the molecule is CC1(C)OC2(C(=O)O)CCC1CC2. The molecule has 1 N–H and O–H groups in total. The van der Waals surface area contributed by atoms with Crippen LogP contribution in [0.1, 0.15) is 39.5 Å². The molecule has 0 amide bonds. The van der Waals surface area contributed by atoms with Crippen molar-refractivity contribution in [3.63, 3.8) is 0 Å². The summed E-state index contributed by atoms with van der Waals surface area (Å²) in [5.41, 5.74) is -1.10. The van der Waals surface area contributed by atoms with Crippen molar-refractivity contribution in [1.29, 1.82) is 0 Å². The van der Waals surface area contributed by atoms with Gasteiger partial charge in [-0.25, -0.2) is 4.79 Å². The van der Waals surface area contributed by atoms with Crippen LogP contribution in [-0.4, -0.2) is 22.3 Å². The fourth-order valence-corrected chi connectivity index (χ4v) is 2.73. The zero-order valence-electron chi connectivity index (χ0n) is 8.17. The van der Waals surface area contributed by atoms with E-state index < -0.39 is 11.6 Å². The Hall–Kier alpha value is -0.570. The molecule has 1 aliphatic carbocycles. The number of carboxylic acid groups (broad SMARTS) is 1. The van der Waals surface area contributed by atoms with E-state index in [4.69, 9.17) is 9.84 Å². The Kier molecular flexibility index (Phi) is 1.71. The second-order valence-electron chi connectivity index (χ2n) is 4.78. The van der Waals surface area contributed by atoms with Gasteiger partial charge in [0, 0.05) is 0 Å². The van der Waals surface area contributed by atoms with Crippen molar-refractivity contribution < 1.29 is 14.6 Å². The van der Waals surface area contributed by atoms with Crippen LogP contribution in [0.25, 0.3) is 0 Å². The molecule has 13 heavy (non-hydrogen) atoms. The van der Waals surface area contributed by atoms with Crippen LogP contribution in [0.2, 0.25) is 0 Å². The van der Waals surface area contributed by atoms with Crippen molar-refractivity contribution in [2.24, 2.45) is 5.92 Å². The molecular formula is C10H16O3. The summed E-state index contributed by atoms with van der Waals surface area (Å²) < 4.78 is 5.72. The van der Waals surface area contributed by atoms with Gasteiger partial charge in [0.05, 0.1) is 5.60 Å². The molecule has 0 unspecified atom stereocenters. The highest BCUT2D eigenvalue weighted by molar-refractivity contribution is 5.78. The lowest BCUT2D eigenvalue weighted by Gasteiger charge is -2.53. The van der Waals surface area contributed by atoms with E-state index >= 15 is 0 Å². The quantitative estimate of drug-likeness (QED) is 0.676. The van der Waals surface area contributed by atoms with E-state index in [0.717, 1.165) is 12.8 Å². The summed E-state index contributed by atoms with van der Waals surface area (Å²) in [6, 6.07) is 0. The number of rotatable bonds is 1. The highest BCUT2D eigenvalue weighted by Gasteiger charge is 2.54. The summed E-state index contributed by atoms with van der Waals surface area (Å²) >= 11 is 0. The molecule has 2 bridgehead atoms. The number of ether oxygens (including phenoxy) is 1. The van der Waals surface area contributed by atoms with Gasteiger partial charge in [-0.2, -0.15) is 0 Å². The van der Waals surface area contributed by atoms with E-state index in [-0.39, 0.29) is 5.60 Å². The Morgan fingerprint density at radius 3 is 2.23 bits per heavy atom. The van der Waals surface area contributed by atoms with Crippen LogP contribution in [0.15, 0.2) is 0 Å². The summed E-state index contributed by atoms with van der Waals surface area (Å²) in [4.78, 5) is 11.1. The van der Waals surface area contributed by atoms with Crippen molar-refractivity contribution >= 4 is 5.97 Å². The van der Waals surface area contributed by atoms with Gasteiger partial charge < -0.3 is 9.84 Å². The van der Waals surface area contributed by atoms with Crippen LogP contribution in [0.3, 0.4) is 0 Å². The first kappa shape index (κ1) is 9.00. The van der Waals surface area contributed by atoms with Crippen LogP contribution in [0, 0.1) is 5.92 Å². The number of fused-ring (bicyclic) bond motifs is 3. The molecule has 0 radical (unpaired) electrons. The molecule has 3 aliphatic rings. The van der Waals surface area contributed by atoms with Crippen LogP contribution >= 0.6 is 0 Å². The number of carbonyl (C=O) groups is 1. The van der Waals surface area contributed by atoms with Crippen LogP contribution in [-0.2, 0) is 9.53 Å². The van der Waals surface area contributed by atoms with Gasteiger partial charge in [-0.05, 0) is 45.4 Å². The third kappa shape index (κ3) is 1.17. The minimum atomic E-state index is -0.863. The van der Waals surface area contributed by atoms with Gasteiger partial charge in [-0.15, -0.1) is 0 Å². The largest absolute Gasteiger partial charge is 0.479 e. The molecule has 0 aromatic heterocycles. The molecule has 3 nitrogen and oxygen atoms in total. The topological polar surface area (TPSA) is 46.5 Å². The average molecular weight is 184 g/mol. The second-order valence-corrected chi connectivity index (χ2v) is 4.78. The lowest BCUT2D eigenvalue weighted by atomic mass is 9.68. The van der Waals surface area contributed by atoms with Crippen LogP contribution in [0.5, 0.6) is 0 Å². The van der Waals surface area contributed by atoms with E-state index in [1.807, 2.05) is 13.8 Å². The lowest BCUT2D eigenvalue weighted by Crippen LogP contribution is -2.59. The Morgan fingerprint density at radius 1 is 1.38 bits per heavy atom. The van der Waals surface area contributed by atoms with Gasteiger partial charge in [0.2, 0.25) is 0 Å². The summed E-state index contributed by atoms with van der Waals surface area (Å²) in [7, 11) is 0. The van der Waals surface area contributed by atoms with Crippen LogP contribution in [0.4, 0.5) is 0 Å². The minimum absolute atomic E-state index is 0.241. The molecule has 2 saturated heterocycles. The molecule has 1 saturated carbocycles. The highest BCUT2D eigenvalue weighted by atomic mass is 16.5. The third-order valence-electron chi connectivity index (χ3n) is 3.62. The Morgan fingerprint density at radius 2 is 1.92 bits per heavy atom. The predicted octanol–water partition coefficient (Wildman–Crippen LogP) is 1.81. The van der Waals surface area contributed by atoms with Crippen molar-refractivity contribution in [3.8, 4) is 0 Å². The van der Waals surface area contributed by atoms with E-state index in [2.05, 4.69) is 0 Å². The Bertz CT molecular complexity index is 237. The fourth-order valence-electron chi connectivity index (χ4n) is 2.73. The first-order valence-electron chi connectivity index (χ1n) is 4.90. The van der Waals surface area contributed by atoms with Gasteiger partial charge in [0.1, 0.15) is 0 Å². The molecule has 3 rings (SSSR count). The number of aliphatic carboxylic acids is 1. The van der Waals surface area contributed by atoms with Gasteiger partial charge >= 0.3 is 5.97 Å². The van der Waals surface area contributed by atoms with Gasteiger partial charge in [-0.3, -0.25) is 0 Å². The molecule has 0 aromatic carbocycles. The lowest BCUT2D eigenvalue weighted by molar-refractivity contribution is -0.243. The summed E-state index contributed by atoms with van der Waals surface area (Å²) in [5.74, 6) is -0.229. The maximum absolute atomic E-state index is 11.1. The van der Waals surface area contributed by atoms with E-state index in [9.17, 15) is 4.79 Å². The normalized spacial score (nSPS) is 41.8. The summed E-state index contributed by atoms with van der Waals surface area (Å²) in [6.07, 6.45) is 3.38. The molecular weight excluding hydrogens is 168 g/mol. The molecule has 0 spiro atoms. The van der Waals surface area contributed by atoms with E-state index in [0.29, 0.717) is 18.8 Å². The Balaban J connectivity index is 2.28. The highest BCUT2D eigenvalue weighted by Crippen LogP contribution is 2.49. The van der Waals surface area contributed by atoms with E-state index in [1.54, 1.807) is 0 Å². The standard InChI is InChI=1S/C10H16O3/c1-9(2)7-3-5-10(13-9,6-4-7)8(11)12/h7H,3-6H2,1-2H3,(H,11,12). The number of hydrogen-bond donors (Lipinski definition) is 1.